The molecule has 2 amide bonds. The molecule has 2 fully saturated rings. The van der Waals surface area contributed by atoms with E-state index in [9.17, 15) is 18.0 Å². The number of hydrogen-bond acceptors (Lipinski definition) is 8. The predicted octanol–water partition coefficient (Wildman–Crippen LogP) is 0.837. The second kappa shape index (κ2) is 10.6. The van der Waals surface area contributed by atoms with E-state index in [1.807, 2.05) is 4.90 Å². The number of aryl methyl sites for hydroxylation is 1. The van der Waals surface area contributed by atoms with Crippen molar-refractivity contribution in [1.82, 2.24) is 19.7 Å². The summed E-state index contributed by atoms with van der Waals surface area (Å²) in [5, 5.41) is 6.42. The molecule has 34 heavy (non-hydrogen) atoms. The summed E-state index contributed by atoms with van der Waals surface area (Å²) >= 11 is 0. The van der Waals surface area contributed by atoms with Crippen LogP contribution in [0.3, 0.4) is 0 Å². The molecule has 0 radical (unpaired) electrons. The summed E-state index contributed by atoms with van der Waals surface area (Å²) in [7, 11) is -3.75. The highest BCUT2D eigenvalue weighted by Crippen LogP contribution is 2.16. The van der Waals surface area contributed by atoms with Crippen molar-refractivity contribution in [3.63, 3.8) is 0 Å². The third-order valence-electron chi connectivity index (χ3n) is 5.84. The van der Waals surface area contributed by atoms with Gasteiger partial charge in [0.05, 0.1) is 17.5 Å². The first-order valence-electron chi connectivity index (χ1n) is 11.3. The maximum absolute atomic E-state index is 13.0. The van der Waals surface area contributed by atoms with Crippen LogP contribution in [0.15, 0.2) is 39.8 Å². The van der Waals surface area contributed by atoms with Crippen molar-refractivity contribution in [2.75, 3.05) is 51.2 Å². The molecular formula is C22H29N5O6S. The zero-order chi connectivity index (χ0) is 24.1. The molecule has 1 aromatic heterocycles. The first kappa shape index (κ1) is 24.3. The lowest BCUT2D eigenvalue weighted by molar-refractivity contribution is -0.117. The van der Waals surface area contributed by atoms with Crippen molar-refractivity contribution in [3.05, 3.63) is 41.7 Å². The van der Waals surface area contributed by atoms with Crippen molar-refractivity contribution in [1.29, 1.82) is 0 Å². The Hall–Kier alpha value is -2.80. The number of nitrogens with one attached hydrogen (secondary N) is 2. The van der Waals surface area contributed by atoms with Gasteiger partial charge >= 0.3 is 0 Å². The number of amides is 2. The number of hydrogen-bond donors (Lipinski definition) is 2. The molecule has 2 aliphatic heterocycles. The molecule has 1 unspecified atom stereocenters. The standard InChI is InChI=1S/C22H29N5O6S/c1-16-12-20(25-33-16)24-21(28)15-26-7-9-27(10-8-26)22(29)17-4-2-6-19(13-17)34(30,31)23-14-18-5-3-11-32-18/h2,4,6,12-13,18,23H,3,5,7-11,14-15H2,1H3,(H,24,25,28). The van der Waals surface area contributed by atoms with Crippen LogP contribution in [0, 0.1) is 6.92 Å². The summed E-state index contributed by atoms with van der Waals surface area (Å²) in [4.78, 5) is 28.9. The number of carbonyl (C=O) groups is 2. The largest absolute Gasteiger partial charge is 0.377 e. The first-order valence-corrected chi connectivity index (χ1v) is 12.7. The number of aromatic nitrogens is 1. The minimum atomic E-state index is -3.75. The SMILES string of the molecule is Cc1cc(NC(=O)CN2CCN(C(=O)c3cccc(S(=O)(=O)NCC4CCCO4)c3)CC2)no1. The van der Waals surface area contributed by atoms with Gasteiger partial charge < -0.3 is 19.5 Å². The van der Waals surface area contributed by atoms with E-state index in [-0.39, 0.29) is 35.9 Å². The molecule has 0 bridgehead atoms. The zero-order valence-electron chi connectivity index (χ0n) is 19.0. The number of nitrogens with zero attached hydrogens (tertiary/aromatic N) is 3. The average Bonchev–Trinajstić information content (AvgIpc) is 3.49. The molecule has 2 N–H and O–H groups in total. The Balaban J connectivity index is 1.29. The van der Waals surface area contributed by atoms with Gasteiger partial charge in [-0.05, 0) is 38.0 Å². The maximum atomic E-state index is 13.0. The summed E-state index contributed by atoms with van der Waals surface area (Å²) in [6, 6.07) is 7.70. The Labute approximate surface area is 198 Å². The molecule has 12 heteroatoms. The summed E-state index contributed by atoms with van der Waals surface area (Å²) < 4.78 is 38.3. The second-order valence-electron chi connectivity index (χ2n) is 8.45. The average molecular weight is 492 g/mol. The molecule has 2 aromatic rings. The minimum Gasteiger partial charge on any atom is -0.377 e. The molecule has 0 saturated carbocycles. The third kappa shape index (κ3) is 6.20. The molecule has 0 spiro atoms. The lowest BCUT2D eigenvalue weighted by Crippen LogP contribution is -2.50. The number of carbonyl (C=O) groups excluding carboxylic acids is 2. The van der Waals surface area contributed by atoms with E-state index >= 15 is 0 Å². The number of rotatable bonds is 8. The van der Waals surface area contributed by atoms with E-state index in [4.69, 9.17) is 9.26 Å². The summed E-state index contributed by atoms with van der Waals surface area (Å²) in [5.74, 6) is 0.536. The molecule has 184 valence electrons. The third-order valence-corrected chi connectivity index (χ3v) is 7.26. The van der Waals surface area contributed by atoms with Gasteiger partial charge in [0.2, 0.25) is 15.9 Å². The van der Waals surface area contributed by atoms with Crippen LogP contribution in [0.5, 0.6) is 0 Å². The van der Waals surface area contributed by atoms with Crippen molar-refractivity contribution in [2.24, 2.45) is 0 Å². The van der Waals surface area contributed by atoms with Gasteiger partial charge in [0.25, 0.3) is 5.91 Å². The van der Waals surface area contributed by atoms with Gasteiger partial charge in [0, 0.05) is 51.0 Å². The van der Waals surface area contributed by atoms with Crippen LogP contribution in [0.25, 0.3) is 0 Å². The molecular weight excluding hydrogens is 462 g/mol. The van der Waals surface area contributed by atoms with Crippen LogP contribution in [0.2, 0.25) is 0 Å². The Morgan fingerprint density at radius 2 is 1.97 bits per heavy atom. The van der Waals surface area contributed by atoms with Crippen LogP contribution in [-0.2, 0) is 19.6 Å². The fourth-order valence-corrected chi connectivity index (χ4v) is 5.10. The monoisotopic (exact) mass is 491 g/mol. The minimum absolute atomic E-state index is 0.0507. The molecule has 1 atom stereocenters. The second-order valence-corrected chi connectivity index (χ2v) is 10.2. The van der Waals surface area contributed by atoms with Gasteiger partial charge in [-0.15, -0.1) is 0 Å². The van der Waals surface area contributed by atoms with E-state index in [1.54, 1.807) is 30.0 Å². The van der Waals surface area contributed by atoms with E-state index in [2.05, 4.69) is 15.2 Å². The van der Waals surface area contributed by atoms with Crippen molar-refractivity contribution in [2.45, 2.75) is 30.8 Å². The van der Waals surface area contributed by atoms with Crippen molar-refractivity contribution in [3.8, 4) is 0 Å². The highest BCUT2D eigenvalue weighted by atomic mass is 32.2. The Morgan fingerprint density at radius 3 is 2.65 bits per heavy atom. The lowest BCUT2D eigenvalue weighted by atomic mass is 10.2. The number of ether oxygens (including phenoxy) is 1. The number of sulfonamides is 1. The Kier molecular flexibility index (Phi) is 7.61. The number of piperazine rings is 1. The fraction of sp³-hybridized carbons (Fsp3) is 0.500. The molecule has 1 aromatic carbocycles. The van der Waals surface area contributed by atoms with Gasteiger partial charge in [-0.1, -0.05) is 11.2 Å². The predicted molar refractivity (Wildman–Crippen MR) is 123 cm³/mol. The zero-order valence-corrected chi connectivity index (χ0v) is 19.8. The fourth-order valence-electron chi connectivity index (χ4n) is 3.99. The molecule has 11 nitrogen and oxygen atoms in total. The highest BCUT2D eigenvalue weighted by molar-refractivity contribution is 7.89. The summed E-state index contributed by atoms with van der Waals surface area (Å²) in [5.41, 5.74) is 0.313. The Morgan fingerprint density at radius 1 is 1.18 bits per heavy atom. The van der Waals surface area contributed by atoms with Gasteiger partial charge in [-0.2, -0.15) is 0 Å². The van der Waals surface area contributed by atoms with Crippen LogP contribution in [-0.4, -0.2) is 87.2 Å². The number of anilines is 1. The van der Waals surface area contributed by atoms with Crippen LogP contribution in [0.1, 0.15) is 29.0 Å². The quantitative estimate of drug-likeness (QED) is 0.555. The molecule has 4 rings (SSSR count). The summed E-state index contributed by atoms with van der Waals surface area (Å²) in [6.45, 7) is 4.70. The van der Waals surface area contributed by atoms with Gasteiger partial charge in [0.15, 0.2) is 5.82 Å². The van der Waals surface area contributed by atoms with E-state index in [0.717, 1.165) is 12.8 Å². The Bertz CT molecular complexity index is 1120. The smallest absolute Gasteiger partial charge is 0.253 e. The van der Waals surface area contributed by atoms with Gasteiger partial charge in [-0.3, -0.25) is 14.5 Å². The molecule has 2 aliphatic rings. The van der Waals surface area contributed by atoms with Gasteiger partial charge in [0.1, 0.15) is 5.76 Å². The highest BCUT2D eigenvalue weighted by Gasteiger charge is 2.25. The maximum Gasteiger partial charge on any atom is 0.253 e. The van der Waals surface area contributed by atoms with E-state index < -0.39 is 10.0 Å². The van der Waals surface area contributed by atoms with Crippen molar-refractivity contribution < 1.29 is 27.3 Å². The lowest BCUT2D eigenvalue weighted by Gasteiger charge is -2.34. The normalized spacial score (nSPS) is 19.3. The van der Waals surface area contributed by atoms with Gasteiger partial charge in [-0.25, -0.2) is 13.1 Å². The van der Waals surface area contributed by atoms with E-state index in [0.29, 0.717) is 49.9 Å². The molecule has 0 aliphatic carbocycles. The number of benzene rings is 1. The topological polar surface area (TPSA) is 134 Å². The first-order chi connectivity index (χ1) is 16.3. The van der Waals surface area contributed by atoms with Crippen LogP contribution in [0.4, 0.5) is 5.82 Å². The summed E-state index contributed by atoms with van der Waals surface area (Å²) in [6.07, 6.45) is 1.64. The van der Waals surface area contributed by atoms with E-state index in [1.165, 1.54) is 12.1 Å². The van der Waals surface area contributed by atoms with Crippen molar-refractivity contribution >= 4 is 27.7 Å². The molecule has 3 heterocycles. The van der Waals surface area contributed by atoms with Crippen LogP contribution < -0.4 is 10.0 Å². The van der Waals surface area contributed by atoms with Crippen LogP contribution >= 0.6 is 0 Å². The molecule has 2 saturated heterocycles.